The third-order valence-corrected chi connectivity index (χ3v) is 4.93. The normalized spacial score (nSPS) is 13.5. The number of hydrogen-bond donors (Lipinski definition) is 3. The topological polar surface area (TPSA) is 96.7 Å². The molecule has 0 bridgehead atoms. The lowest BCUT2D eigenvalue weighted by Crippen LogP contribution is -2.38. The maximum Gasteiger partial charge on any atom is 0.251 e. The van der Waals surface area contributed by atoms with Crippen LogP contribution in [0, 0.1) is 6.92 Å². The molecule has 0 spiro atoms. The molecule has 0 unspecified atom stereocenters. The number of aryl methyl sites for hydroxylation is 1. The van der Waals surface area contributed by atoms with E-state index in [9.17, 15) is 9.59 Å². The van der Waals surface area contributed by atoms with Gasteiger partial charge in [-0.25, -0.2) is 0 Å². The minimum atomic E-state index is -0.172. The van der Waals surface area contributed by atoms with Crippen molar-refractivity contribution in [3.8, 4) is 0 Å². The van der Waals surface area contributed by atoms with Crippen LogP contribution in [0.3, 0.4) is 0 Å². The molecule has 7 nitrogen and oxygen atoms in total. The predicted octanol–water partition coefficient (Wildman–Crippen LogP) is 3.01. The van der Waals surface area contributed by atoms with E-state index in [1.807, 2.05) is 37.3 Å². The number of nitrogens with zero attached hydrogens (tertiary/aromatic N) is 1. The van der Waals surface area contributed by atoms with Crippen LogP contribution >= 0.6 is 24.8 Å². The number of nitrogens with two attached hydrogens (primary N) is 1. The highest BCUT2D eigenvalue weighted by Gasteiger charge is 2.12. The minimum absolute atomic E-state index is 0. The highest BCUT2D eigenvalue weighted by Crippen LogP contribution is 2.14. The fraction of sp³-hybridized carbons (Fsp3) is 0.364. The lowest BCUT2D eigenvalue weighted by atomic mass is 10.1. The molecule has 1 aliphatic rings. The van der Waals surface area contributed by atoms with Gasteiger partial charge >= 0.3 is 0 Å². The Hall–Kier alpha value is -2.32. The summed E-state index contributed by atoms with van der Waals surface area (Å²) in [5.74, 6) is -0.192. The van der Waals surface area contributed by atoms with Gasteiger partial charge < -0.3 is 21.1 Å². The number of amides is 2. The zero-order valence-corrected chi connectivity index (χ0v) is 19.2. The number of carbonyl (C=O) groups is 2. The average molecular weight is 469 g/mol. The molecule has 1 saturated heterocycles. The second-order valence-electron chi connectivity index (χ2n) is 7.21. The number of rotatable bonds is 7. The molecule has 1 aliphatic heterocycles. The fourth-order valence-electron chi connectivity index (χ4n) is 3.23. The van der Waals surface area contributed by atoms with Crippen LogP contribution in [0.25, 0.3) is 0 Å². The maximum atomic E-state index is 12.4. The quantitative estimate of drug-likeness (QED) is 0.542. The number of halogens is 2. The molecule has 4 N–H and O–H groups in total. The zero-order valence-electron chi connectivity index (χ0n) is 17.6. The molecule has 31 heavy (non-hydrogen) atoms. The summed E-state index contributed by atoms with van der Waals surface area (Å²) in [7, 11) is 0. The van der Waals surface area contributed by atoms with E-state index in [1.165, 1.54) is 0 Å². The van der Waals surface area contributed by atoms with Gasteiger partial charge in [0.05, 0.1) is 13.2 Å². The van der Waals surface area contributed by atoms with Gasteiger partial charge in [-0.15, -0.1) is 24.8 Å². The molecule has 2 aromatic rings. The van der Waals surface area contributed by atoms with Crippen LogP contribution in [0.15, 0.2) is 42.5 Å². The molecule has 1 heterocycles. The summed E-state index contributed by atoms with van der Waals surface area (Å²) in [4.78, 5) is 26.9. The smallest absolute Gasteiger partial charge is 0.251 e. The van der Waals surface area contributed by atoms with Crippen LogP contribution < -0.4 is 16.4 Å². The van der Waals surface area contributed by atoms with Crippen LogP contribution in [-0.2, 0) is 16.1 Å². The Labute approximate surface area is 195 Å². The van der Waals surface area contributed by atoms with Gasteiger partial charge in [0.15, 0.2) is 0 Å². The number of ether oxygens (including phenoxy) is 1. The molecule has 1 fully saturated rings. The van der Waals surface area contributed by atoms with Gasteiger partial charge in [0, 0.05) is 49.5 Å². The van der Waals surface area contributed by atoms with E-state index in [0.717, 1.165) is 49.7 Å². The van der Waals surface area contributed by atoms with Crippen LogP contribution in [0.4, 0.5) is 11.4 Å². The first-order valence-electron chi connectivity index (χ1n) is 9.84. The van der Waals surface area contributed by atoms with Crippen molar-refractivity contribution in [2.75, 3.05) is 43.9 Å². The molecule has 0 saturated carbocycles. The summed E-state index contributed by atoms with van der Waals surface area (Å²) in [6.45, 7) is 6.16. The second-order valence-corrected chi connectivity index (χ2v) is 7.21. The van der Waals surface area contributed by atoms with Gasteiger partial charge in [0.1, 0.15) is 0 Å². The first kappa shape index (κ1) is 26.7. The zero-order chi connectivity index (χ0) is 20.6. The van der Waals surface area contributed by atoms with E-state index in [-0.39, 0.29) is 36.6 Å². The SMILES string of the molecule is Cc1ccc(N)cc1C(=O)NCc1cccc(NC(=O)CCN2CCOCC2)c1.Cl.Cl. The first-order chi connectivity index (χ1) is 14.0. The second kappa shape index (κ2) is 13.2. The monoisotopic (exact) mass is 468 g/mol. The number of carbonyl (C=O) groups excluding carboxylic acids is 2. The lowest BCUT2D eigenvalue weighted by molar-refractivity contribution is -0.116. The number of anilines is 2. The van der Waals surface area contributed by atoms with E-state index in [1.54, 1.807) is 12.1 Å². The summed E-state index contributed by atoms with van der Waals surface area (Å²) in [6, 6.07) is 12.8. The molecule has 2 amide bonds. The van der Waals surface area contributed by atoms with Gasteiger partial charge in [-0.3, -0.25) is 14.5 Å². The largest absolute Gasteiger partial charge is 0.399 e. The number of nitrogens with one attached hydrogen (secondary N) is 2. The summed E-state index contributed by atoms with van der Waals surface area (Å²) >= 11 is 0. The average Bonchev–Trinajstić information content (AvgIpc) is 2.73. The summed E-state index contributed by atoms with van der Waals surface area (Å²) in [5, 5.41) is 5.84. The molecular weight excluding hydrogens is 439 g/mol. The van der Waals surface area contributed by atoms with Crippen LogP contribution in [0.1, 0.15) is 27.9 Å². The van der Waals surface area contributed by atoms with Crippen molar-refractivity contribution in [2.24, 2.45) is 0 Å². The Kier molecular flexibility index (Phi) is 11.3. The first-order valence-corrected chi connectivity index (χ1v) is 9.84. The molecule has 9 heteroatoms. The summed E-state index contributed by atoms with van der Waals surface area (Å²) in [6.07, 6.45) is 0.440. The number of hydrogen-bond acceptors (Lipinski definition) is 5. The van der Waals surface area contributed by atoms with Crippen LogP contribution in [-0.4, -0.2) is 49.6 Å². The van der Waals surface area contributed by atoms with Crippen LogP contribution in [0.5, 0.6) is 0 Å². The molecule has 0 aliphatic carbocycles. The summed E-state index contributed by atoms with van der Waals surface area (Å²) < 4.78 is 5.32. The Morgan fingerprint density at radius 1 is 1.10 bits per heavy atom. The highest BCUT2D eigenvalue weighted by molar-refractivity contribution is 5.96. The van der Waals surface area contributed by atoms with E-state index in [0.29, 0.717) is 24.2 Å². The third-order valence-electron chi connectivity index (χ3n) is 4.93. The maximum absolute atomic E-state index is 12.4. The Bertz CT molecular complexity index is 874. The van der Waals surface area contributed by atoms with Crippen molar-refractivity contribution in [3.63, 3.8) is 0 Å². The van der Waals surface area contributed by atoms with Gasteiger partial charge in [0.2, 0.25) is 5.91 Å². The van der Waals surface area contributed by atoms with Crippen LogP contribution in [0.2, 0.25) is 0 Å². The van der Waals surface area contributed by atoms with E-state index in [4.69, 9.17) is 10.5 Å². The van der Waals surface area contributed by atoms with Crippen molar-refractivity contribution in [1.29, 1.82) is 0 Å². The van der Waals surface area contributed by atoms with E-state index < -0.39 is 0 Å². The van der Waals surface area contributed by atoms with Crippen molar-refractivity contribution in [3.05, 3.63) is 59.2 Å². The third kappa shape index (κ3) is 8.38. The fourth-order valence-corrected chi connectivity index (χ4v) is 3.23. The Morgan fingerprint density at radius 3 is 2.58 bits per heavy atom. The van der Waals surface area contributed by atoms with Gasteiger partial charge in [-0.1, -0.05) is 18.2 Å². The molecule has 0 radical (unpaired) electrons. The molecule has 0 aromatic heterocycles. The molecule has 170 valence electrons. The van der Waals surface area contributed by atoms with Crippen molar-refractivity contribution >= 4 is 48.0 Å². The summed E-state index contributed by atoms with van der Waals surface area (Å²) in [5.41, 5.74) is 9.41. The molecule has 3 rings (SSSR count). The van der Waals surface area contributed by atoms with Gasteiger partial charge in [-0.05, 0) is 42.3 Å². The highest BCUT2D eigenvalue weighted by atomic mass is 35.5. The molecular formula is C22H30Cl2N4O3. The molecule has 2 aromatic carbocycles. The van der Waals surface area contributed by atoms with Gasteiger partial charge in [-0.2, -0.15) is 0 Å². The molecule has 0 atom stereocenters. The lowest BCUT2D eigenvalue weighted by Gasteiger charge is -2.26. The van der Waals surface area contributed by atoms with E-state index in [2.05, 4.69) is 15.5 Å². The predicted molar refractivity (Wildman–Crippen MR) is 128 cm³/mol. The standard InChI is InChI=1S/C22H28N4O3.2ClH/c1-16-5-6-18(23)14-20(16)22(28)24-15-17-3-2-4-19(13-17)25-21(27)7-8-26-9-11-29-12-10-26;;/h2-6,13-14H,7-12,15,23H2,1H3,(H,24,28)(H,25,27);2*1H. The number of nitrogen functional groups attached to an aromatic ring is 1. The van der Waals surface area contributed by atoms with Gasteiger partial charge in [0.25, 0.3) is 5.91 Å². The van der Waals surface area contributed by atoms with Crippen molar-refractivity contribution in [1.82, 2.24) is 10.2 Å². The minimum Gasteiger partial charge on any atom is -0.399 e. The van der Waals surface area contributed by atoms with Crippen molar-refractivity contribution in [2.45, 2.75) is 19.9 Å². The Balaban J connectivity index is 0.00000240. The Morgan fingerprint density at radius 2 is 1.84 bits per heavy atom. The number of morpholine rings is 1. The van der Waals surface area contributed by atoms with E-state index >= 15 is 0 Å². The number of benzene rings is 2. The van der Waals surface area contributed by atoms with Crippen molar-refractivity contribution < 1.29 is 14.3 Å².